The molecule has 1 aromatic heterocycles. The third-order valence-corrected chi connectivity index (χ3v) is 4.54. The van der Waals surface area contributed by atoms with Crippen LogP contribution in [0, 0.1) is 0 Å². The number of anilines is 2. The molecule has 1 fully saturated rings. The highest BCUT2D eigenvalue weighted by atomic mass is 35.5. The summed E-state index contributed by atoms with van der Waals surface area (Å²) < 4.78 is 10.8. The molecule has 0 aromatic carbocycles. The standard InChI is InChI=1S/C19H26ClN5O5/c1-18(2,3)29-16(27)23-7-8-24-11-9-13(20)21-22-14(11)25(15(26)12(24)10-23)17(28)30-19(4,5)6/h9,12H,7-8,10H2,1-6H3. The maximum atomic E-state index is 13.3. The number of hydrogen-bond donors (Lipinski definition) is 0. The van der Waals surface area contributed by atoms with Crippen molar-refractivity contribution in [2.75, 3.05) is 29.4 Å². The van der Waals surface area contributed by atoms with Gasteiger partial charge in [-0.15, -0.1) is 10.2 Å². The van der Waals surface area contributed by atoms with Crippen LogP contribution in [0.3, 0.4) is 0 Å². The molecule has 0 spiro atoms. The topological polar surface area (TPSA) is 105 Å². The zero-order valence-electron chi connectivity index (χ0n) is 17.9. The first kappa shape index (κ1) is 22.1. The Bertz CT molecular complexity index is 879. The fraction of sp³-hybridized carbons (Fsp3) is 0.632. The summed E-state index contributed by atoms with van der Waals surface area (Å²) in [6, 6.07) is 0.732. The highest BCUT2D eigenvalue weighted by Crippen LogP contribution is 2.37. The fourth-order valence-corrected chi connectivity index (χ4v) is 3.38. The lowest BCUT2D eigenvalue weighted by Crippen LogP contribution is -2.65. The molecular weight excluding hydrogens is 414 g/mol. The maximum Gasteiger partial charge on any atom is 0.423 e. The van der Waals surface area contributed by atoms with Crippen LogP contribution in [0.15, 0.2) is 6.07 Å². The van der Waals surface area contributed by atoms with E-state index in [2.05, 4.69) is 10.2 Å². The summed E-state index contributed by atoms with van der Waals surface area (Å²) in [5.41, 5.74) is -0.999. The van der Waals surface area contributed by atoms with Gasteiger partial charge in [-0.25, -0.2) is 9.59 Å². The number of carbonyl (C=O) groups excluding carboxylic acids is 3. The Morgan fingerprint density at radius 2 is 1.63 bits per heavy atom. The Labute approximate surface area is 180 Å². The van der Waals surface area contributed by atoms with Gasteiger partial charge in [0.2, 0.25) is 0 Å². The van der Waals surface area contributed by atoms with Crippen LogP contribution in [0.2, 0.25) is 5.15 Å². The summed E-state index contributed by atoms with van der Waals surface area (Å²) in [4.78, 5) is 42.7. The first-order chi connectivity index (χ1) is 13.8. The minimum absolute atomic E-state index is 0.0480. The molecule has 1 unspecified atom stereocenters. The van der Waals surface area contributed by atoms with Crippen LogP contribution in [0.5, 0.6) is 0 Å². The van der Waals surface area contributed by atoms with E-state index in [0.29, 0.717) is 18.8 Å². The van der Waals surface area contributed by atoms with Crippen molar-refractivity contribution in [1.29, 1.82) is 0 Å². The zero-order chi connectivity index (χ0) is 22.4. The van der Waals surface area contributed by atoms with Crippen molar-refractivity contribution < 1.29 is 23.9 Å². The quantitative estimate of drug-likeness (QED) is 0.607. The number of imide groups is 1. The number of fused-ring (bicyclic) bond motifs is 3. The molecule has 0 bridgehead atoms. The number of rotatable bonds is 0. The highest BCUT2D eigenvalue weighted by Gasteiger charge is 2.47. The summed E-state index contributed by atoms with van der Waals surface area (Å²) in [6.07, 6.45) is -1.38. The molecule has 0 radical (unpaired) electrons. The van der Waals surface area contributed by atoms with Crippen LogP contribution in [-0.4, -0.2) is 70.1 Å². The third-order valence-electron chi connectivity index (χ3n) is 4.36. The van der Waals surface area contributed by atoms with Gasteiger partial charge in [-0.1, -0.05) is 11.6 Å². The van der Waals surface area contributed by atoms with Crippen molar-refractivity contribution >= 4 is 41.2 Å². The second-order valence-corrected chi connectivity index (χ2v) is 9.55. The number of halogens is 1. The second-order valence-electron chi connectivity index (χ2n) is 9.17. The number of piperazine rings is 1. The van der Waals surface area contributed by atoms with Gasteiger partial charge in [-0.3, -0.25) is 4.79 Å². The van der Waals surface area contributed by atoms with Crippen LogP contribution in [-0.2, 0) is 14.3 Å². The van der Waals surface area contributed by atoms with Crippen molar-refractivity contribution in [2.24, 2.45) is 0 Å². The van der Waals surface area contributed by atoms with Crippen molar-refractivity contribution in [3.63, 3.8) is 0 Å². The number of carbonyl (C=O) groups is 3. The normalized spacial score (nSPS) is 19.2. The molecular formula is C19H26ClN5O5. The van der Waals surface area contributed by atoms with Gasteiger partial charge in [0.05, 0.1) is 12.2 Å². The number of aromatic nitrogens is 2. The molecule has 164 valence electrons. The molecule has 11 heteroatoms. The number of hydrogen-bond acceptors (Lipinski definition) is 8. The second kappa shape index (κ2) is 7.57. The molecule has 3 rings (SSSR count). The average molecular weight is 440 g/mol. The number of amides is 3. The van der Waals surface area contributed by atoms with E-state index in [-0.39, 0.29) is 17.5 Å². The minimum Gasteiger partial charge on any atom is -0.444 e. The third kappa shape index (κ3) is 4.58. The smallest absolute Gasteiger partial charge is 0.423 e. The van der Waals surface area contributed by atoms with Crippen LogP contribution < -0.4 is 9.80 Å². The van der Waals surface area contributed by atoms with Gasteiger partial charge in [-0.05, 0) is 41.5 Å². The molecule has 0 N–H and O–H groups in total. The lowest BCUT2D eigenvalue weighted by atomic mass is 10.1. The number of nitrogens with zero attached hydrogens (tertiary/aromatic N) is 5. The van der Waals surface area contributed by atoms with Crippen LogP contribution in [0.4, 0.5) is 21.1 Å². The van der Waals surface area contributed by atoms with Crippen molar-refractivity contribution in [2.45, 2.75) is 58.8 Å². The highest BCUT2D eigenvalue weighted by molar-refractivity contribution is 6.30. The van der Waals surface area contributed by atoms with Gasteiger partial charge < -0.3 is 19.3 Å². The summed E-state index contributed by atoms with van der Waals surface area (Å²) in [5, 5.41) is 7.88. The van der Waals surface area contributed by atoms with Gasteiger partial charge in [0, 0.05) is 19.2 Å². The maximum absolute atomic E-state index is 13.3. The van der Waals surface area contributed by atoms with Crippen molar-refractivity contribution in [3.05, 3.63) is 11.2 Å². The van der Waals surface area contributed by atoms with Gasteiger partial charge >= 0.3 is 12.2 Å². The molecule has 10 nitrogen and oxygen atoms in total. The van der Waals surface area contributed by atoms with Crippen LogP contribution >= 0.6 is 11.6 Å². The Morgan fingerprint density at radius 3 is 2.23 bits per heavy atom. The monoisotopic (exact) mass is 439 g/mol. The lowest BCUT2D eigenvalue weighted by molar-refractivity contribution is -0.120. The lowest BCUT2D eigenvalue weighted by Gasteiger charge is -2.46. The van der Waals surface area contributed by atoms with E-state index in [1.807, 2.05) is 0 Å². The first-order valence-electron chi connectivity index (χ1n) is 9.61. The Hall–Kier alpha value is -2.62. The molecule has 2 aliphatic rings. The molecule has 3 heterocycles. The Balaban J connectivity index is 1.94. The van der Waals surface area contributed by atoms with Gasteiger partial charge in [0.1, 0.15) is 17.2 Å². The SMILES string of the molecule is CC(C)(C)OC(=O)N1CCN2c3cc(Cl)nnc3N(C(=O)OC(C)(C)C)C(=O)C2C1. The van der Waals surface area contributed by atoms with E-state index in [9.17, 15) is 14.4 Å². The molecule has 0 aliphatic carbocycles. The van der Waals surface area contributed by atoms with Gasteiger partial charge in [0.25, 0.3) is 5.91 Å². The summed E-state index contributed by atoms with van der Waals surface area (Å²) in [7, 11) is 0. The molecule has 1 atom stereocenters. The van der Waals surface area contributed by atoms with Crippen molar-refractivity contribution in [3.8, 4) is 0 Å². The number of ether oxygens (including phenoxy) is 2. The van der Waals surface area contributed by atoms with E-state index in [0.717, 1.165) is 4.90 Å². The van der Waals surface area contributed by atoms with Gasteiger partial charge in [0.15, 0.2) is 11.0 Å². The van der Waals surface area contributed by atoms with E-state index in [1.165, 1.54) is 4.90 Å². The molecule has 1 saturated heterocycles. The molecule has 0 saturated carbocycles. The Kier molecular flexibility index (Phi) is 5.57. The van der Waals surface area contributed by atoms with Crippen molar-refractivity contribution in [1.82, 2.24) is 15.1 Å². The molecule has 3 amide bonds. The minimum atomic E-state index is -0.862. The summed E-state index contributed by atoms with van der Waals surface area (Å²) in [5.74, 6) is -0.498. The fourth-order valence-electron chi connectivity index (χ4n) is 3.24. The molecule has 2 aliphatic heterocycles. The predicted octanol–water partition coefficient (Wildman–Crippen LogP) is 2.84. The van der Waals surface area contributed by atoms with Gasteiger partial charge in [-0.2, -0.15) is 4.90 Å². The predicted molar refractivity (Wildman–Crippen MR) is 110 cm³/mol. The van der Waals surface area contributed by atoms with E-state index in [1.54, 1.807) is 52.5 Å². The molecule has 1 aromatic rings. The zero-order valence-corrected chi connectivity index (χ0v) is 18.7. The van der Waals surface area contributed by atoms with Crippen LogP contribution in [0.1, 0.15) is 41.5 Å². The van der Waals surface area contributed by atoms with E-state index < -0.39 is 35.3 Å². The molecule has 30 heavy (non-hydrogen) atoms. The summed E-state index contributed by atoms with van der Waals surface area (Å²) in [6.45, 7) is 11.1. The Morgan fingerprint density at radius 1 is 1.03 bits per heavy atom. The van der Waals surface area contributed by atoms with E-state index >= 15 is 0 Å². The largest absolute Gasteiger partial charge is 0.444 e. The first-order valence-corrected chi connectivity index (χ1v) is 9.99. The van der Waals surface area contributed by atoms with E-state index in [4.69, 9.17) is 21.1 Å². The van der Waals surface area contributed by atoms with Crippen LogP contribution in [0.25, 0.3) is 0 Å². The average Bonchev–Trinajstić information content (AvgIpc) is 2.59. The summed E-state index contributed by atoms with van der Waals surface area (Å²) >= 11 is 6.03.